The van der Waals surface area contributed by atoms with Crippen molar-refractivity contribution < 1.29 is 0 Å². The number of nitrogens with zero attached hydrogens (tertiary/aromatic N) is 2. The zero-order valence-electron chi connectivity index (χ0n) is 26.4. The molecule has 0 aromatic carbocycles. The molecule has 3 aliphatic rings. The Morgan fingerprint density at radius 1 is 0.500 bits per heavy atom. The molecule has 0 aromatic rings. The Labute approximate surface area is 240 Å². The van der Waals surface area contributed by atoms with E-state index in [1.54, 1.807) is 32.1 Å². The van der Waals surface area contributed by atoms with E-state index in [2.05, 4.69) is 23.6 Å². The number of unbranched alkanes of at least 4 members (excludes halogenated alkanes) is 14. The van der Waals surface area contributed by atoms with E-state index in [4.69, 9.17) is 0 Å². The van der Waals surface area contributed by atoms with Crippen molar-refractivity contribution in [3.63, 3.8) is 0 Å². The number of hydrogen-bond acceptors (Lipinski definition) is 2. The molecular weight excluding hydrogens is 460 g/mol. The Bertz CT molecular complexity index is 541. The van der Waals surface area contributed by atoms with Gasteiger partial charge < -0.3 is 9.80 Å². The van der Waals surface area contributed by atoms with Gasteiger partial charge in [0.05, 0.1) is 0 Å². The highest BCUT2D eigenvalue weighted by atomic mass is 15.2. The van der Waals surface area contributed by atoms with Crippen LogP contribution in [-0.4, -0.2) is 49.1 Å². The van der Waals surface area contributed by atoms with E-state index in [0.717, 1.165) is 23.7 Å². The lowest BCUT2D eigenvalue weighted by Crippen LogP contribution is -2.35. The summed E-state index contributed by atoms with van der Waals surface area (Å²) in [4.78, 5) is 5.54. The largest absolute Gasteiger partial charge is 0.302 e. The van der Waals surface area contributed by atoms with Crippen LogP contribution < -0.4 is 0 Å². The molecule has 224 valence electrons. The van der Waals surface area contributed by atoms with Crippen LogP contribution >= 0.6 is 0 Å². The highest BCUT2D eigenvalue weighted by Gasteiger charge is 2.44. The van der Waals surface area contributed by atoms with Gasteiger partial charge in [-0.25, -0.2) is 0 Å². The molecule has 3 fully saturated rings. The van der Waals surface area contributed by atoms with Crippen LogP contribution in [0.1, 0.15) is 168 Å². The molecule has 4 atom stereocenters. The summed E-state index contributed by atoms with van der Waals surface area (Å²) in [6.07, 6.45) is 35.5. The van der Waals surface area contributed by atoms with Crippen LogP contribution in [0.4, 0.5) is 0 Å². The molecule has 4 unspecified atom stereocenters. The number of rotatable bonds is 27. The van der Waals surface area contributed by atoms with Crippen molar-refractivity contribution >= 4 is 0 Å². The molecule has 3 rings (SSSR count). The third-order valence-electron chi connectivity index (χ3n) is 10.5. The Morgan fingerprint density at radius 2 is 0.947 bits per heavy atom. The summed E-state index contributed by atoms with van der Waals surface area (Å²) in [6, 6.07) is 0. The van der Waals surface area contributed by atoms with E-state index in [1.165, 1.54) is 161 Å². The SMILES string of the molecule is CCCCCCCCCCN(CCCCCCCCC1CC1CC1CC1CCCCC)CCN1CCCC1. The van der Waals surface area contributed by atoms with E-state index in [-0.39, 0.29) is 0 Å². The zero-order chi connectivity index (χ0) is 26.7. The highest BCUT2D eigenvalue weighted by Crippen LogP contribution is 2.54. The predicted molar refractivity (Wildman–Crippen MR) is 169 cm³/mol. The standard InChI is InChI=1S/C36H70N2/c1-3-5-7-8-9-11-14-18-24-37(28-29-38-26-20-21-27-38)25-19-15-12-10-13-17-23-34-31-36(34)32-35-30-33(35)22-16-6-4-2/h33-36H,3-32H2,1-2H3. The van der Waals surface area contributed by atoms with Gasteiger partial charge in [-0.2, -0.15) is 0 Å². The molecule has 0 spiro atoms. The van der Waals surface area contributed by atoms with Crippen molar-refractivity contribution in [2.75, 3.05) is 39.3 Å². The molecule has 2 aliphatic carbocycles. The average Bonchev–Trinajstić information content (AvgIpc) is 3.79. The second kappa shape index (κ2) is 20.7. The Balaban J connectivity index is 1.13. The lowest BCUT2D eigenvalue weighted by molar-refractivity contribution is 0.217. The molecule has 2 saturated carbocycles. The summed E-state index contributed by atoms with van der Waals surface area (Å²) in [5.41, 5.74) is 0. The normalized spacial score (nSPS) is 25.0. The summed E-state index contributed by atoms with van der Waals surface area (Å²) in [5, 5.41) is 0. The lowest BCUT2D eigenvalue weighted by Gasteiger charge is -2.25. The van der Waals surface area contributed by atoms with Crippen LogP contribution in [0.15, 0.2) is 0 Å². The van der Waals surface area contributed by atoms with Crippen molar-refractivity contribution in [1.29, 1.82) is 0 Å². The van der Waals surface area contributed by atoms with Gasteiger partial charge in [0.2, 0.25) is 0 Å². The van der Waals surface area contributed by atoms with Crippen LogP contribution in [0.5, 0.6) is 0 Å². The van der Waals surface area contributed by atoms with Crippen molar-refractivity contribution in [3.05, 3.63) is 0 Å². The number of hydrogen-bond donors (Lipinski definition) is 0. The van der Waals surface area contributed by atoms with Crippen molar-refractivity contribution in [2.24, 2.45) is 23.7 Å². The van der Waals surface area contributed by atoms with Gasteiger partial charge in [-0.15, -0.1) is 0 Å². The Kier molecular flexibility index (Phi) is 17.7. The molecule has 0 bridgehead atoms. The van der Waals surface area contributed by atoms with Gasteiger partial charge in [-0.1, -0.05) is 123 Å². The maximum absolute atomic E-state index is 2.83. The summed E-state index contributed by atoms with van der Waals surface area (Å²) in [7, 11) is 0. The first-order chi connectivity index (χ1) is 18.8. The molecule has 0 radical (unpaired) electrons. The fourth-order valence-corrected chi connectivity index (χ4v) is 7.49. The first-order valence-electron chi connectivity index (χ1n) is 18.2. The molecule has 2 nitrogen and oxygen atoms in total. The van der Waals surface area contributed by atoms with Gasteiger partial charge in [0.1, 0.15) is 0 Å². The van der Waals surface area contributed by atoms with Crippen molar-refractivity contribution in [1.82, 2.24) is 9.80 Å². The maximum Gasteiger partial charge on any atom is 0.0109 e. The van der Waals surface area contributed by atoms with E-state index in [9.17, 15) is 0 Å². The topological polar surface area (TPSA) is 6.48 Å². The quantitative estimate of drug-likeness (QED) is 0.0974. The van der Waals surface area contributed by atoms with Crippen LogP contribution in [0.3, 0.4) is 0 Å². The van der Waals surface area contributed by atoms with Gasteiger partial charge in [0.25, 0.3) is 0 Å². The minimum absolute atomic E-state index is 1.13. The number of likely N-dealkylation sites (tertiary alicyclic amines) is 1. The van der Waals surface area contributed by atoms with E-state index in [1.807, 2.05) is 0 Å². The molecule has 1 heterocycles. The van der Waals surface area contributed by atoms with Crippen LogP contribution in [-0.2, 0) is 0 Å². The lowest BCUT2D eigenvalue weighted by atomic mass is 10.0. The van der Waals surface area contributed by atoms with Gasteiger partial charge in [-0.05, 0) is 94.8 Å². The Morgan fingerprint density at radius 3 is 1.50 bits per heavy atom. The molecule has 0 amide bonds. The third kappa shape index (κ3) is 15.1. The molecule has 0 aromatic heterocycles. The second-order valence-corrected chi connectivity index (χ2v) is 14.0. The van der Waals surface area contributed by atoms with Crippen LogP contribution in [0.2, 0.25) is 0 Å². The smallest absolute Gasteiger partial charge is 0.0109 e. The first kappa shape index (κ1) is 32.4. The fourth-order valence-electron chi connectivity index (χ4n) is 7.49. The molecule has 1 aliphatic heterocycles. The van der Waals surface area contributed by atoms with Crippen LogP contribution in [0, 0.1) is 23.7 Å². The summed E-state index contributed by atoms with van der Waals surface area (Å²) >= 11 is 0. The summed E-state index contributed by atoms with van der Waals surface area (Å²) in [5.74, 6) is 4.56. The second-order valence-electron chi connectivity index (χ2n) is 14.0. The third-order valence-corrected chi connectivity index (χ3v) is 10.5. The van der Waals surface area contributed by atoms with Crippen molar-refractivity contribution in [2.45, 2.75) is 168 Å². The predicted octanol–water partition coefficient (Wildman–Crippen LogP) is 10.5. The molecular formula is C36H70N2. The van der Waals surface area contributed by atoms with Crippen molar-refractivity contribution in [3.8, 4) is 0 Å². The molecule has 1 saturated heterocycles. The van der Waals surface area contributed by atoms with Gasteiger partial charge in [0, 0.05) is 13.1 Å². The van der Waals surface area contributed by atoms with Gasteiger partial charge in [-0.3, -0.25) is 0 Å². The van der Waals surface area contributed by atoms with E-state index in [0.29, 0.717) is 0 Å². The fraction of sp³-hybridized carbons (Fsp3) is 1.00. The first-order valence-corrected chi connectivity index (χ1v) is 18.2. The highest BCUT2D eigenvalue weighted by molar-refractivity contribution is 4.94. The molecule has 38 heavy (non-hydrogen) atoms. The Hall–Kier alpha value is -0.0800. The average molecular weight is 531 g/mol. The monoisotopic (exact) mass is 531 g/mol. The molecule has 2 heteroatoms. The molecule has 0 N–H and O–H groups in total. The van der Waals surface area contributed by atoms with Gasteiger partial charge in [0.15, 0.2) is 0 Å². The van der Waals surface area contributed by atoms with E-state index >= 15 is 0 Å². The summed E-state index contributed by atoms with van der Waals surface area (Å²) < 4.78 is 0. The minimum Gasteiger partial charge on any atom is -0.302 e. The van der Waals surface area contributed by atoms with Gasteiger partial charge >= 0.3 is 0 Å². The van der Waals surface area contributed by atoms with E-state index < -0.39 is 0 Å². The van der Waals surface area contributed by atoms with Crippen LogP contribution in [0.25, 0.3) is 0 Å². The maximum atomic E-state index is 2.83. The minimum atomic E-state index is 1.13. The zero-order valence-corrected chi connectivity index (χ0v) is 26.4. The summed E-state index contributed by atoms with van der Waals surface area (Å²) in [6.45, 7) is 12.7.